The Labute approximate surface area is 113 Å². The summed E-state index contributed by atoms with van der Waals surface area (Å²) in [5.41, 5.74) is 7.37. The first-order valence-electron chi connectivity index (χ1n) is 5.94. The molecule has 0 aliphatic heterocycles. The van der Waals surface area contributed by atoms with E-state index in [2.05, 4.69) is 25.1 Å². The Morgan fingerprint density at radius 3 is 2.65 bits per heavy atom. The second-order valence-corrected chi connectivity index (χ2v) is 4.16. The second kappa shape index (κ2) is 5.14. The van der Waals surface area contributed by atoms with Crippen LogP contribution in [-0.2, 0) is 0 Å². The first-order valence-corrected chi connectivity index (χ1v) is 5.94. The maximum atomic E-state index is 12.9. The van der Waals surface area contributed by atoms with Gasteiger partial charge in [-0.3, -0.25) is 10.1 Å². The molecule has 1 aromatic carbocycles. The third-order valence-corrected chi connectivity index (χ3v) is 2.82. The molecule has 3 aromatic rings. The van der Waals surface area contributed by atoms with Crippen LogP contribution >= 0.6 is 0 Å². The fourth-order valence-corrected chi connectivity index (χ4v) is 1.77. The van der Waals surface area contributed by atoms with E-state index in [-0.39, 0.29) is 5.82 Å². The van der Waals surface area contributed by atoms with Gasteiger partial charge in [0, 0.05) is 12.4 Å². The summed E-state index contributed by atoms with van der Waals surface area (Å²) in [5, 5.41) is 6.83. The zero-order valence-electron chi connectivity index (χ0n) is 10.4. The number of benzene rings is 1. The van der Waals surface area contributed by atoms with Crippen molar-refractivity contribution in [3.63, 3.8) is 0 Å². The Balaban J connectivity index is 1.88. The van der Waals surface area contributed by atoms with Gasteiger partial charge in [0.25, 0.3) is 0 Å². The number of nitrogens with two attached hydrogens (primary N) is 1. The number of aromatic nitrogens is 5. The Morgan fingerprint density at radius 1 is 1.15 bits per heavy atom. The average Bonchev–Trinajstić information content (AvgIpc) is 2.98. The zero-order chi connectivity index (χ0) is 13.9. The molecule has 7 heteroatoms. The van der Waals surface area contributed by atoms with Crippen LogP contribution in [0.2, 0.25) is 0 Å². The number of nitrogens with one attached hydrogen (secondary N) is 1. The Hall–Kier alpha value is -2.67. The SMILES string of the molecule is N[C@@H](c1ccc(F)cc1)c1nc(-c2cnccn2)n[nH]1. The number of hydrogen-bond donors (Lipinski definition) is 2. The summed E-state index contributed by atoms with van der Waals surface area (Å²) in [6, 6.07) is 5.44. The normalized spacial score (nSPS) is 12.3. The minimum absolute atomic E-state index is 0.307. The molecule has 0 bridgehead atoms. The highest BCUT2D eigenvalue weighted by atomic mass is 19.1. The molecule has 0 fully saturated rings. The van der Waals surface area contributed by atoms with Gasteiger partial charge in [-0.25, -0.2) is 14.4 Å². The van der Waals surface area contributed by atoms with E-state index in [4.69, 9.17) is 5.73 Å². The fraction of sp³-hybridized carbons (Fsp3) is 0.0769. The predicted molar refractivity (Wildman–Crippen MR) is 69.8 cm³/mol. The van der Waals surface area contributed by atoms with E-state index in [1.54, 1.807) is 30.7 Å². The van der Waals surface area contributed by atoms with Gasteiger partial charge in [-0.2, -0.15) is 5.10 Å². The van der Waals surface area contributed by atoms with E-state index in [9.17, 15) is 4.39 Å². The van der Waals surface area contributed by atoms with Crippen LogP contribution in [0.1, 0.15) is 17.4 Å². The van der Waals surface area contributed by atoms with Gasteiger partial charge in [0.2, 0.25) is 5.82 Å². The van der Waals surface area contributed by atoms with E-state index < -0.39 is 6.04 Å². The van der Waals surface area contributed by atoms with Crippen molar-refractivity contribution < 1.29 is 4.39 Å². The van der Waals surface area contributed by atoms with Crippen LogP contribution in [-0.4, -0.2) is 25.1 Å². The maximum Gasteiger partial charge on any atom is 0.201 e. The Bertz CT molecular complexity index is 694. The molecular weight excluding hydrogens is 259 g/mol. The van der Waals surface area contributed by atoms with Crippen molar-refractivity contribution in [2.45, 2.75) is 6.04 Å². The topological polar surface area (TPSA) is 93.4 Å². The van der Waals surface area contributed by atoms with Gasteiger partial charge in [0.1, 0.15) is 17.3 Å². The zero-order valence-corrected chi connectivity index (χ0v) is 10.4. The average molecular weight is 270 g/mol. The smallest absolute Gasteiger partial charge is 0.201 e. The molecule has 20 heavy (non-hydrogen) atoms. The minimum Gasteiger partial charge on any atom is -0.318 e. The van der Waals surface area contributed by atoms with Gasteiger partial charge >= 0.3 is 0 Å². The molecule has 100 valence electrons. The van der Waals surface area contributed by atoms with E-state index in [0.29, 0.717) is 17.3 Å². The molecule has 1 atom stereocenters. The fourth-order valence-electron chi connectivity index (χ4n) is 1.77. The first kappa shape index (κ1) is 12.4. The van der Waals surface area contributed by atoms with Crippen LogP contribution in [0.15, 0.2) is 42.9 Å². The largest absolute Gasteiger partial charge is 0.318 e. The van der Waals surface area contributed by atoms with Gasteiger partial charge in [0.15, 0.2) is 0 Å². The molecule has 0 saturated carbocycles. The molecule has 0 saturated heterocycles. The predicted octanol–water partition coefficient (Wildman–Crippen LogP) is 1.45. The highest BCUT2D eigenvalue weighted by Gasteiger charge is 2.15. The van der Waals surface area contributed by atoms with E-state index in [0.717, 1.165) is 5.56 Å². The van der Waals surface area contributed by atoms with Crippen LogP contribution in [0.3, 0.4) is 0 Å². The standard InChI is InChI=1S/C13H11FN6/c14-9-3-1-8(2-4-9)11(15)13-18-12(19-20-13)10-7-16-5-6-17-10/h1-7,11H,15H2,(H,18,19,20)/t11-/m0/s1. The van der Waals surface area contributed by atoms with Crippen LogP contribution in [0.25, 0.3) is 11.5 Å². The van der Waals surface area contributed by atoms with Crippen molar-refractivity contribution in [3.8, 4) is 11.5 Å². The number of H-pyrrole nitrogens is 1. The molecule has 3 N–H and O–H groups in total. The highest BCUT2D eigenvalue weighted by molar-refractivity contribution is 5.46. The Kier molecular flexibility index (Phi) is 3.18. The molecule has 0 spiro atoms. The van der Waals surface area contributed by atoms with Crippen molar-refractivity contribution in [2.75, 3.05) is 0 Å². The lowest BCUT2D eigenvalue weighted by atomic mass is 10.1. The molecule has 3 rings (SSSR count). The molecule has 2 heterocycles. The van der Waals surface area contributed by atoms with E-state index >= 15 is 0 Å². The molecule has 2 aromatic heterocycles. The summed E-state index contributed by atoms with van der Waals surface area (Å²) < 4.78 is 12.9. The number of aromatic amines is 1. The van der Waals surface area contributed by atoms with Gasteiger partial charge < -0.3 is 5.73 Å². The van der Waals surface area contributed by atoms with Crippen LogP contribution in [0.5, 0.6) is 0 Å². The van der Waals surface area contributed by atoms with Gasteiger partial charge in [-0.05, 0) is 17.7 Å². The lowest BCUT2D eigenvalue weighted by Gasteiger charge is -2.07. The number of hydrogen-bond acceptors (Lipinski definition) is 5. The van der Waals surface area contributed by atoms with Crippen molar-refractivity contribution in [2.24, 2.45) is 5.73 Å². The summed E-state index contributed by atoms with van der Waals surface area (Å²) in [6.07, 6.45) is 4.70. The summed E-state index contributed by atoms with van der Waals surface area (Å²) >= 11 is 0. The van der Waals surface area contributed by atoms with Crippen LogP contribution in [0.4, 0.5) is 4.39 Å². The van der Waals surface area contributed by atoms with Crippen LogP contribution < -0.4 is 5.73 Å². The lowest BCUT2D eigenvalue weighted by molar-refractivity contribution is 0.626. The van der Waals surface area contributed by atoms with Crippen molar-refractivity contribution in [3.05, 3.63) is 60.1 Å². The summed E-state index contributed by atoms with van der Waals surface area (Å²) in [5.74, 6) is 0.599. The number of halogens is 1. The maximum absolute atomic E-state index is 12.9. The van der Waals surface area contributed by atoms with E-state index in [1.807, 2.05) is 0 Å². The molecule has 0 radical (unpaired) electrons. The number of nitrogens with zero attached hydrogens (tertiary/aromatic N) is 4. The van der Waals surface area contributed by atoms with Crippen LogP contribution in [0, 0.1) is 5.82 Å². The van der Waals surface area contributed by atoms with E-state index in [1.165, 1.54) is 12.1 Å². The van der Waals surface area contributed by atoms with Gasteiger partial charge in [-0.1, -0.05) is 12.1 Å². The lowest BCUT2D eigenvalue weighted by Crippen LogP contribution is -2.13. The molecule has 0 aliphatic carbocycles. The van der Waals surface area contributed by atoms with Crippen molar-refractivity contribution in [1.82, 2.24) is 25.1 Å². The quantitative estimate of drug-likeness (QED) is 0.751. The summed E-state index contributed by atoms with van der Waals surface area (Å²) in [6.45, 7) is 0. The first-order chi connectivity index (χ1) is 9.74. The number of rotatable bonds is 3. The molecule has 0 amide bonds. The van der Waals surface area contributed by atoms with Crippen molar-refractivity contribution >= 4 is 0 Å². The third-order valence-electron chi connectivity index (χ3n) is 2.82. The molecule has 0 aliphatic rings. The third kappa shape index (κ3) is 2.39. The molecule has 6 nitrogen and oxygen atoms in total. The van der Waals surface area contributed by atoms with Gasteiger partial charge in [-0.15, -0.1) is 0 Å². The van der Waals surface area contributed by atoms with Gasteiger partial charge in [0.05, 0.1) is 12.2 Å². The highest BCUT2D eigenvalue weighted by Crippen LogP contribution is 2.18. The monoisotopic (exact) mass is 270 g/mol. The summed E-state index contributed by atoms with van der Waals surface area (Å²) in [7, 11) is 0. The molecule has 0 unspecified atom stereocenters. The van der Waals surface area contributed by atoms with Crippen molar-refractivity contribution in [1.29, 1.82) is 0 Å². The summed E-state index contributed by atoms with van der Waals surface area (Å²) in [4.78, 5) is 12.4. The Morgan fingerprint density at radius 2 is 1.95 bits per heavy atom. The minimum atomic E-state index is -0.506. The molecular formula is C13H11FN6. The second-order valence-electron chi connectivity index (χ2n) is 4.16.